The van der Waals surface area contributed by atoms with Crippen LogP contribution in [0.4, 0.5) is 18.9 Å². The first kappa shape index (κ1) is 14.4. The van der Waals surface area contributed by atoms with Crippen molar-refractivity contribution in [2.75, 3.05) is 5.32 Å². The maximum absolute atomic E-state index is 12.7. The highest BCUT2D eigenvalue weighted by Gasteiger charge is 2.31. The van der Waals surface area contributed by atoms with Gasteiger partial charge in [0.2, 0.25) is 0 Å². The minimum absolute atomic E-state index is 0.410. The molecule has 0 atom stereocenters. The summed E-state index contributed by atoms with van der Waals surface area (Å²) in [5.41, 5.74) is 0.935. The number of rotatable bonds is 3. The Kier molecular flexibility index (Phi) is 4.20. The Morgan fingerprint density at radius 1 is 1.26 bits per heavy atom. The van der Waals surface area contributed by atoms with Crippen LogP contribution in [0.1, 0.15) is 16.0 Å². The highest BCUT2D eigenvalue weighted by molar-refractivity contribution is 9.10. The molecule has 6 heteroatoms. The number of nitrogens with one attached hydrogen (secondary N) is 1. The number of alkyl halides is 3. The van der Waals surface area contributed by atoms with E-state index < -0.39 is 11.7 Å². The van der Waals surface area contributed by atoms with Crippen molar-refractivity contribution in [2.45, 2.75) is 19.6 Å². The molecule has 1 aromatic heterocycles. The van der Waals surface area contributed by atoms with Gasteiger partial charge in [-0.1, -0.05) is 15.9 Å². The topological polar surface area (TPSA) is 12.0 Å². The third-order valence-corrected chi connectivity index (χ3v) is 4.13. The van der Waals surface area contributed by atoms with Crippen molar-refractivity contribution in [2.24, 2.45) is 0 Å². The molecular weight excluding hydrogens is 339 g/mol. The lowest BCUT2D eigenvalue weighted by molar-refractivity contribution is -0.137. The van der Waals surface area contributed by atoms with Gasteiger partial charge >= 0.3 is 6.18 Å². The van der Waals surface area contributed by atoms with Crippen molar-refractivity contribution in [1.82, 2.24) is 0 Å². The molecule has 0 unspecified atom stereocenters. The van der Waals surface area contributed by atoms with Crippen molar-refractivity contribution in [3.8, 4) is 0 Å². The highest BCUT2D eigenvalue weighted by Crippen LogP contribution is 2.33. The molecule has 0 aliphatic carbocycles. The standard InChI is InChI=1S/C13H11BrF3NS/c1-8-2-3-19-12(8)7-18-11-5-9(13(15,16)17)4-10(14)6-11/h2-6,18H,7H2,1H3. The highest BCUT2D eigenvalue weighted by atomic mass is 79.9. The molecule has 102 valence electrons. The van der Waals surface area contributed by atoms with E-state index in [0.29, 0.717) is 16.7 Å². The van der Waals surface area contributed by atoms with Gasteiger partial charge in [-0.3, -0.25) is 0 Å². The monoisotopic (exact) mass is 349 g/mol. The summed E-state index contributed by atoms with van der Waals surface area (Å²) in [6.07, 6.45) is -4.33. The van der Waals surface area contributed by atoms with E-state index in [-0.39, 0.29) is 0 Å². The number of hydrogen-bond acceptors (Lipinski definition) is 2. The molecule has 19 heavy (non-hydrogen) atoms. The first-order valence-corrected chi connectivity index (χ1v) is 7.18. The Hall–Kier alpha value is -1.01. The summed E-state index contributed by atoms with van der Waals surface area (Å²) < 4.78 is 38.4. The van der Waals surface area contributed by atoms with Crippen molar-refractivity contribution < 1.29 is 13.2 Å². The van der Waals surface area contributed by atoms with Crippen LogP contribution in [0.15, 0.2) is 34.1 Å². The predicted molar refractivity (Wildman–Crippen MR) is 75.5 cm³/mol. The van der Waals surface area contributed by atoms with Gasteiger partial charge in [0, 0.05) is 21.6 Å². The zero-order valence-electron chi connectivity index (χ0n) is 10.0. The largest absolute Gasteiger partial charge is 0.416 e. The fraction of sp³-hybridized carbons (Fsp3) is 0.231. The van der Waals surface area contributed by atoms with Crippen molar-refractivity contribution in [3.05, 3.63) is 50.1 Å². The van der Waals surface area contributed by atoms with Crippen LogP contribution in [0.3, 0.4) is 0 Å². The van der Waals surface area contributed by atoms with E-state index in [1.807, 2.05) is 18.4 Å². The van der Waals surface area contributed by atoms with Gasteiger partial charge in [-0.15, -0.1) is 11.3 Å². The Bertz CT molecular complexity index is 578. The molecule has 1 aromatic carbocycles. The van der Waals surface area contributed by atoms with E-state index in [0.717, 1.165) is 22.6 Å². The molecule has 1 nitrogen and oxygen atoms in total. The second-order valence-electron chi connectivity index (χ2n) is 4.11. The Balaban J connectivity index is 2.17. The van der Waals surface area contributed by atoms with E-state index in [1.165, 1.54) is 0 Å². The molecule has 2 aromatic rings. The summed E-state index contributed by atoms with van der Waals surface area (Å²) in [4.78, 5) is 1.12. The molecule has 0 aliphatic rings. The van der Waals surface area contributed by atoms with Crippen LogP contribution in [0, 0.1) is 6.92 Å². The zero-order valence-corrected chi connectivity index (χ0v) is 12.4. The van der Waals surface area contributed by atoms with E-state index in [4.69, 9.17) is 0 Å². The summed E-state index contributed by atoms with van der Waals surface area (Å²) >= 11 is 4.69. The van der Waals surface area contributed by atoms with Gasteiger partial charge in [-0.25, -0.2) is 0 Å². The average Bonchev–Trinajstić information content (AvgIpc) is 2.70. The molecule has 1 N–H and O–H groups in total. The molecule has 0 amide bonds. The van der Waals surface area contributed by atoms with Gasteiger partial charge in [-0.05, 0) is 42.1 Å². The molecule has 0 spiro atoms. The average molecular weight is 350 g/mol. The van der Waals surface area contributed by atoms with Gasteiger partial charge in [-0.2, -0.15) is 13.2 Å². The third kappa shape index (κ3) is 3.73. The van der Waals surface area contributed by atoms with Gasteiger partial charge < -0.3 is 5.32 Å². The lowest BCUT2D eigenvalue weighted by Gasteiger charge is -2.11. The van der Waals surface area contributed by atoms with Crippen LogP contribution in [-0.2, 0) is 12.7 Å². The number of anilines is 1. The quantitative estimate of drug-likeness (QED) is 0.776. The molecule has 0 fully saturated rings. The lowest BCUT2D eigenvalue weighted by Crippen LogP contribution is -2.06. The molecule has 0 radical (unpaired) electrons. The Morgan fingerprint density at radius 2 is 2.00 bits per heavy atom. The van der Waals surface area contributed by atoms with E-state index in [9.17, 15) is 13.2 Å². The minimum Gasteiger partial charge on any atom is -0.380 e. The molecule has 0 bridgehead atoms. The number of halogens is 4. The second kappa shape index (κ2) is 5.54. The second-order valence-corrected chi connectivity index (χ2v) is 6.02. The van der Waals surface area contributed by atoms with Crippen LogP contribution in [0.2, 0.25) is 0 Å². The Morgan fingerprint density at radius 3 is 2.58 bits per heavy atom. The molecule has 0 saturated heterocycles. The van der Waals surface area contributed by atoms with Crippen LogP contribution < -0.4 is 5.32 Å². The first-order chi connectivity index (χ1) is 8.86. The fourth-order valence-corrected chi connectivity index (χ4v) is 2.96. The van der Waals surface area contributed by atoms with Gasteiger partial charge in [0.1, 0.15) is 0 Å². The summed E-state index contributed by atoms with van der Waals surface area (Å²) in [7, 11) is 0. The number of hydrogen-bond donors (Lipinski definition) is 1. The van der Waals surface area contributed by atoms with Gasteiger partial charge in [0.25, 0.3) is 0 Å². The smallest absolute Gasteiger partial charge is 0.380 e. The van der Waals surface area contributed by atoms with Crippen LogP contribution >= 0.6 is 27.3 Å². The van der Waals surface area contributed by atoms with E-state index in [1.54, 1.807) is 17.4 Å². The summed E-state index contributed by atoms with van der Waals surface area (Å²) in [6, 6.07) is 5.82. The molecule has 0 aliphatic heterocycles. The third-order valence-electron chi connectivity index (χ3n) is 2.65. The van der Waals surface area contributed by atoms with Gasteiger partial charge in [0.15, 0.2) is 0 Å². The molecule has 1 heterocycles. The number of thiophene rings is 1. The molecule has 0 saturated carbocycles. The summed E-state index contributed by atoms with van der Waals surface area (Å²) in [5.74, 6) is 0. The molecular formula is C13H11BrF3NS. The van der Waals surface area contributed by atoms with Gasteiger partial charge in [0.05, 0.1) is 5.56 Å². The Labute approximate surface area is 121 Å². The lowest BCUT2D eigenvalue weighted by atomic mass is 10.2. The maximum Gasteiger partial charge on any atom is 0.416 e. The van der Waals surface area contributed by atoms with E-state index >= 15 is 0 Å². The van der Waals surface area contributed by atoms with Crippen LogP contribution in [-0.4, -0.2) is 0 Å². The number of benzene rings is 1. The van der Waals surface area contributed by atoms with Crippen molar-refractivity contribution >= 4 is 33.0 Å². The van der Waals surface area contributed by atoms with Crippen molar-refractivity contribution in [3.63, 3.8) is 0 Å². The zero-order chi connectivity index (χ0) is 14.0. The van der Waals surface area contributed by atoms with Crippen LogP contribution in [0.25, 0.3) is 0 Å². The minimum atomic E-state index is -4.33. The van der Waals surface area contributed by atoms with Crippen LogP contribution in [0.5, 0.6) is 0 Å². The molecule has 2 rings (SSSR count). The number of aryl methyl sites for hydroxylation is 1. The van der Waals surface area contributed by atoms with Crippen molar-refractivity contribution in [1.29, 1.82) is 0 Å². The summed E-state index contributed by atoms with van der Waals surface area (Å²) in [6.45, 7) is 2.51. The summed E-state index contributed by atoms with van der Waals surface area (Å²) in [5, 5.41) is 4.99. The normalized spacial score (nSPS) is 11.6. The predicted octanol–water partition coefficient (Wildman–Crippen LogP) is 5.45. The first-order valence-electron chi connectivity index (χ1n) is 5.51. The van der Waals surface area contributed by atoms with E-state index in [2.05, 4.69) is 21.2 Å². The fourth-order valence-electron chi connectivity index (χ4n) is 1.62. The maximum atomic E-state index is 12.7. The SMILES string of the molecule is Cc1ccsc1CNc1cc(Br)cc(C(F)(F)F)c1.